The fourth-order valence-corrected chi connectivity index (χ4v) is 6.60. The molecule has 0 unspecified atom stereocenters. The molecule has 2 heterocycles. The van der Waals surface area contributed by atoms with E-state index in [0.717, 1.165) is 69.2 Å². The summed E-state index contributed by atoms with van der Waals surface area (Å²) in [6.07, 6.45) is 13.3. The van der Waals surface area contributed by atoms with Crippen molar-refractivity contribution in [1.29, 1.82) is 0 Å². The van der Waals surface area contributed by atoms with Crippen LogP contribution >= 0.6 is 0 Å². The van der Waals surface area contributed by atoms with Gasteiger partial charge in [0.15, 0.2) is 0 Å². The van der Waals surface area contributed by atoms with Gasteiger partial charge in [-0.05, 0) is 92.8 Å². The first-order valence-corrected chi connectivity index (χ1v) is 17.6. The summed E-state index contributed by atoms with van der Waals surface area (Å²) in [6.45, 7) is 13.2. The number of rotatable bonds is 6. The highest BCUT2D eigenvalue weighted by Gasteiger charge is 2.30. The van der Waals surface area contributed by atoms with E-state index in [1.165, 1.54) is 16.8 Å². The lowest BCUT2D eigenvalue weighted by atomic mass is 9.89. The van der Waals surface area contributed by atoms with Gasteiger partial charge in [-0.3, -0.25) is 0 Å². The van der Waals surface area contributed by atoms with E-state index in [2.05, 4.69) is 180 Å². The molecule has 3 heteroatoms. The molecular weight excluding hydrogens is 611 g/mol. The number of fused-ring (bicyclic) bond motifs is 2. The van der Waals surface area contributed by atoms with E-state index in [4.69, 9.17) is 9.15 Å². The predicted molar refractivity (Wildman–Crippen MR) is 210 cm³/mol. The number of hydrogen-bond acceptors (Lipinski definition) is 2. The van der Waals surface area contributed by atoms with Crippen LogP contribution in [-0.2, 0) is 5.41 Å². The van der Waals surface area contributed by atoms with Gasteiger partial charge in [0.2, 0.25) is 0 Å². The van der Waals surface area contributed by atoms with Gasteiger partial charge in [-0.15, -0.1) is 0 Å². The fraction of sp³-hybridized carbons (Fsp3) is 0.213. The Balaban J connectivity index is 1.42. The maximum absolute atomic E-state index is 6.39. The molecule has 1 aliphatic carbocycles. The Labute approximate surface area is 297 Å². The summed E-state index contributed by atoms with van der Waals surface area (Å²) in [7, 11) is 0. The van der Waals surface area contributed by atoms with Gasteiger partial charge in [-0.2, -0.15) is 0 Å². The largest absolute Gasteiger partial charge is 0.461 e. The maximum atomic E-state index is 6.39. The quantitative estimate of drug-likeness (QED) is 0.170. The summed E-state index contributed by atoms with van der Waals surface area (Å²) in [5, 5.41) is 1.11. The number of benzene rings is 4. The average molecular weight is 657 g/mol. The number of allylic oxidation sites excluding steroid dienone is 8. The molecule has 1 aliphatic heterocycles. The lowest BCUT2D eigenvalue weighted by molar-refractivity contribution is 0.291. The lowest BCUT2D eigenvalue weighted by Crippen LogP contribution is -2.18. The second-order valence-electron chi connectivity index (χ2n) is 15.2. The standard InChI is InChI=1S/C47H46NO2/c1-46(2,3)43-31-35(39-21-13-15-23-41(39)49-43)29-27-33-25-26-34(45(33)48(37-17-9-7-10-18-37)38-19-11-8-12-20-38)28-30-36-32-44(47(4,5)6)50-42-24-16-14-22-40(36)42/h7-24,27-32H,25-26H2,1-6H3/q+1. The minimum atomic E-state index is -0.116. The van der Waals surface area contributed by atoms with Crippen LogP contribution < -0.4 is 9.64 Å². The molecule has 0 N–H and O–H groups in total. The Morgan fingerprint density at radius 3 is 1.98 bits per heavy atom. The van der Waals surface area contributed by atoms with Crippen molar-refractivity contribution in [3.63, 3.8) is 0 Å². The zero-order valence-electron chi connectivity index (χ0n) is 30.0. The van der Waals surface area contributed by atoms with Gasteiger partial charge in [0.1, 0.15) is 11.5 Å². The van der Waals surface area contributed by atoms with Crippen LogP contribution in [0.25, 0.3) is 22.6 Å². The van der Waals surface area contributed by atoms with E-state index in [1.54, 1.807) is 0 Å². The minimum Gasteiger partial charge on any atom is -0.461 e. The van der Waals surface area contributed by atoms with Gasteiger partial charge in [0, 0.05) is 40.0 Å². The van der Waals surface area contributed by atoms with Crippen LogP contribution in [0.4, 0.5) is 11.4 Å². The molecule has 0 saturated carbocycles. The first-order chi connectivity index (χ1) is 24.1. The molecule has 2 aliphatic rings. The highest BCUT2D eigenvalue weighted by Crippen LogP contribution is 2.44. The average Bonchev–Trinajstić information content (AvgIpc) is 3.51. The van der Waals surface area contributed by atoms with Crippen molar-refractivity contribution in [2.45, 2.75) is 59.8 Å². The molecule has 50 heavy (non-hydrogen) atoms. The van der Waals surface area contributed by atoms with Crippen molar-refractivity contribution < 1.29 is 9.15 Å². The van der Waals surface area contributed by atoms with Crippen LogP contribution in [0.15, 0.2) is 167 Å². The summed E-state index contributed by atoms with van der Waals surface area (Å²) in [5.41, 5.74) is 10.2. The maximum Gasteiger partial charge on any atom is 0.360 e. The molecule has 5 aromatic rings. The van der Waals surface area contributed by atoms with Gasteiger partial charge in [0.25, 0.3) is 0 Å². The van der Waals surface area contributed by atoms with Gasteiger partial charge < -0.3 is 9.64 Å². The van der Waals surface area contributed by atoms with E-state index in [1.807, 2.05) is 12.1 Å². The third-order valence-electron chi connectivity index (χ3n) is 9.34. The molecule has 7 rings (SSSR count). The zero-order valence-corrected chi connectivity index (χ0v) is 30.0. The normalized spacial score (nSPS) is 16.6. The molecule has 0 bridgehead atoms. The molecule has 0 spiro atoms. The molecule has 0 amide bonds. The van der Waals surface area contributed by atoms with Gasteiger partial charge in [0.05, 0.1) is 16.5 Å². The topological polar surface area (TPSA) is 23.8 Å². The fourth-order valence-electron chi connectivity index (χ4n) is 6.60. The Hall–Kier alpha value is -5.41. The van der Waals surface area contributed by atoms with Crippen LogP contribution in [0.3, 0.4) is 0 Å². The zero-order chi connectivity index (χ0) is 34.9. The molecule has 0 fully saturated rings. The number of ether oxygens (including phenoxy) is 1. The van der Waals surface area contributed by atoms with Crippen molar-refractivity contribution in [2.75, 3.05) is 4.90 Å². The Bertz CT molecular complexity index is 2150. The summed E-state index contributed by atoms with van der Waals surface area (Å²) in [5.74, 6) is 2.85. The van der Waals surface area contributed by atoms with Crippen molar-refractivity contribution in [3.8, 4) is 5.75 Å². The highest BCUT2D eigenvalue weighted by molar-refractivity contribution is 5.87. The minimum absolute atomic E-state index is 0.116. The SMILES string of the molecule is CC(C)(C)C1=C/C(=C\C=C2/CCC(/C=C/c3cc(C(C)(C)C)[o+]c4ccccc34)=C2N(c2ccccc2)c2ccccc2)c2ccccc2O1. The molecule has 0 atom stereocenters. The smallest absolute Gasteiger partial charge is 0.360 e. The Morgan fingerprint density at radius 1 is 0.660 bits per heavy atom. The van der Waals surface area contributed by atoms with Crippen molar-refractivity contribution in [1.82, 2.24) is 0 Å². The second-order valence-corrected chi connectivity index (χ2v) is 15.2. The van der Waals surface area contributed by atoms with Crippen molar-refractivity contribution in [3.05, 3.63) is 179 Å². The van der Waals surface area contributed by atoms with E-state index < -0.39 is 0 Å². The first-order valence-electron chi connectivity index (χ1n) is 17.6. The molecule has 3 nitrogen and oxygen atoms in total. The van der Waals surface area contributed by atoms with E-state index >= 15 is 0 Å². The Morgan fingerprint density at radius 2 is 1.30 bits per heavy atom. The molecule has 1 aromatic heterocycles. The molecular formula is C47H46NO2+. The van der Waals surface area contributed by atoms with Crippen LogP contribution in [0.1, 0.15) is 71.3 Å². The van der Waals surface area contributed by atoms with Crippen molar-refractivity contribution >= 4 is 34.0 Å². The summed E-state index contributed by atoms with van der Waals surface area (Å²) in [6, 6.07) is 40.3. The third kappa shape index (κ3) is 6.87. The number of hydrogen-bond donors (Lipinski definition) is 0. The monoisotopic (exact) mass is 656 g/mol. The van der Waals surface area contributed by atoms with E-state index in [0.29, 0.717) is 0 Å². The molecule has 250 valence electrons. The second kappa shape index (κ2) is 13.5. The summed E-state index contributed by atoms with van der Waals surface area (Å²) >= 11 is 0. The number of nitrogens with zero attached hydrogens (tertiary/aromatic N) is 1. The van der Waals surface area contributed by atoms with Crippen LogP contribution in [0.5, 0.6) is 5.75 Å². The molecule has 0 saturated heterocycles. The summed E-state index contributed by atoms with van der Waals surface area (Å²) < 4.78 is 12.8. The number of anilines is 2. The highest BCUT2D eigenvalue weighted by atomic mass is 16.5. The van der Waals surface area contributed by atoms with E-state index in [-0.39, 0.29) is 10.8 Å². The number of para-hydroxylation sites is 4. The predicted octanol–water partition coefficient (Wildman–Crippen LogP) is 13.2. The van der Waals surface area contributed by atoms with E-state index in [9.17, 15) is 0 Å². The van der Waals surface area contributed by atoms with Crippen LogP contribution in [0.2, 0.25) is 0 Å². The lowest BCUT2D eigenvalue weighted by Gasteiger charge is -2.29. The van der Waals surface area contributed by atoms with Gasteiger partial charge in [-0.1, -0.05) is 112 Å². The molecule has 4 aromatic carbocycles. The Kier molecular flexibility index (Phi) is 8.92. The van der Waals surface area contributed by atoms with Gasteiger partial charge in [-0.25, -0.2) is 4.42 Å². The van der Waals surface area contributed by atoms with Crippen molar-refractivity contribution in [2.24, 2.45) is 5.41 Å². The van der Waals surface area contributed by atoms with Gasteiger partial charge >= 0.3 is 11.3 Å². The third-order valence-corrected chi connectivity index (χ3v) is 9.34. The molecule has 0 radical (unpaired) electrons. The van der Waals surface area contributed by atoms with Crippen LogP contribution in [-0.4, -0.2) is 0 Å². The first kappa shape index (κ1) is 33.1. The summed E-state index contributed by atoms with van der Waals surface area (Å²) in [4.78, 5) is 2.42. The van der Waals surface area contributed by atoms with Crippen LogP contribution in [0, 0.1) is 5.41 Å².